The second kappa shape index (κ2) is 8.34. The topological polar surface area (TPSA) is 86.2 Å². The molecule has 0 bridgehead atoms. The molecule has 0 saturated carbocycles. The fraction of sp³-hybridized carbons (Fsp3) is 0.318. The van der Waals surface area contributed by atoms with Crippen LogP contribution < -0.4 is 19.5 Å². The fourth-order valence-corrected chi connectivity index (χ4v) is 3.40. The summed E-state index contributed by atoms with van der Waals surface area (Å²) in [4.78, 5) is 28.9. The normalized spacial score (nSPS) is 19.3. The van der Waals surface area contributed by atoms with Gasteiger partial charge in [0.1, 0.15) is 0 Å². The van der Waals surface area contributed by atoms with Gasteiger partial charge in [-0.15, -0.1) is 0 Å². The number of benzene rings is 1. The predicted molar refractivity (Wildman–Crippen MR) is 110 cm³/mol. The van der Waals surface area contributed by atoms with Crippen LogP contribution in [0.5, 0.6) is 17.2 Å². The summed E-state index contributed by atoms with van der Waals surface area (Å²) in [5, 5.41) is 2.84. The maximum Gasteiger partial charge on any atom is 0.277 e. The summed E-state index contributed by atoms with van der Waals surface area (Å²) >= 11 is 0. The third-order valence-corrected chi connectivity index (χ3v) is 4.83. The van der Waals surface area contributed by atoms with Gasteiger partial charge in [-0.3, -0.25) is 9.59 Å². The molecule has 3 rings (SSSR count). The van der Waals surface area contributed by atoms with E-state index in [0.717, 1.165) is 11.3 Å². The standard InChI is InChI=1S/C22H24N2O5/c1-12(2)16-11-20(25)24-17-10-14(6-7-15(16)17)23-22(26)13-8-18(27-3)21(29-5)19(9-13)28-4/h6-12,15H,1-5H3,(H,24,25). The van der Waals surface area contributed by atoms with Crippen molar-refractivity contribution in [2.75, 3.05) is 21.3 Å². The number of nitrogens with one attached hydrogen (secondary N) is 1. The zero-order chi connectivity index (χ0) is 21.1. The minimum absolute atomic E-state index is 0.0112. The van der Waals surface area contributed by atoms with Gasteiger partial charge in [-0.1, -0.05) is 19.9 Å². The molecule has 2 aliphatic rings. The van der Waals surface area contributed by atoms with E-state index in [1.807, 2.05) is 19.9 Å². The molecule has 0 fully saturated rings. The van der Waals surface area contributed by atoms with Gasteiger partial charge in [0.2, 0.25) is 11.7 Å². The van der Waals surface area contributed by atoms with Gasteiger partial charge >= 0.3 is 0 Å². The average molecular weight is 396 g/mol. The van der Waals surface area contributed by atoms with Crippen molar-refractivity contribution in [1.29, 1.82) is 0 Å². The Hall–Kier alpha value is -3.35. The zero-order valence-electron chi connectivity index (χ0n) is 17.1. The Morgan fingerprint density at radius 3 is 2.28 bits per heavy atom. The smallest absolute Gasteiger partial charge is 0.277 e. The molecule has 152 valence electrons. The van der Waals surface area contributed by atoms with E-state index in [9.17, 15) is 9.59 Å². The second-order valence-electron chi connectivity index (χ2n) is 6.98. The first-order valence-electron chi connectivity index (χ1n) is 9.23. The summed E-state index contributed by atoms with van der Waals surface area (Å²) in [5.41, 5.74) is 2.52. The number of carbonyl (C=O) groups excluding carboxylic acids is 2. The second-order valence-corrected chi connectivity index (χ2v) is 6.98. The monoisotopic (exact) mass is 396 g/mol. The third-order valence-electron chi connectivity index (χ3n) is 4.83. The van der Waals surface area contributed by atoms with E-state index >= 15 is 0 Å². The lowest BCUT2D eigenvalue weighted by atomic mass is 9.82. The number of hydrogen-bond acceptors (Lipinski definition) is 5. The summed E-state index contributed by atoms with van der Waals surface area (Å²) in [6.07, 6.45) is 7.10. The van der Waals surface area contributed by atoms with Crippen LogP contribution >= 0.6 is 0 Å². The van der Waals surface area contributed by atoms with Crippen molar-refractivity contribution in [2.45, 2.75) is 13.8 Å². The highest BCUT2D eigenvalue weighted by molar-refractivity contribution is 6.14. The Labute approximate surface area is 169 Å². The molecule has 7 nitrogen and oxygen atoms in total. The summed E-state index contributed by atoms with van der Waals surface area (Å²) in [7, 11) is 4.46. The first kappa shape index (κ1) is 20.4. The summed E-state index contributed by atoms with van der Waals surface area (Å²) in [6.45, 7) is 4.10. The van der Waals surface area contributed by atoms with Crippen LogP contribution in [0.15, 0.2) is 52.7 Å². The van der Waals surface area contributed by atoms with Crippen molar-refractivity contribution in [3.05, 3.63) is 53.3 Å². The quantitative estimate of drug-likeness (QED) is 0.827. The Morgan fingerprint density at radius 2 is 1.72 bits per heavy atom. The molecule has 1 aliphatic carbocycles. The third kappa shape index (κ3) is 4.08. The van der Waals surface area contributed by atoms with Crippen LogP contribution in [0.1, 0.15) is 24.2 Å². The molecule has 1 aromatic carbocycles. The molecule has 29 heavy (non-hydrogen) atoms. The molecule has 0 radical (unpaired) electrons. The van der Waals surface area contributed by atoms with Gasteiger partial charge in [0.25, 0.3) is 5.91 Å². The number of nitrogens with zero attached hydrogens (tertiary/aromatic N) is 1. The van der Waals surface area contributed by atoms with Gasteiger partial charge in [-0.05, 0) is 35.8 Å². The van der Waals surface area contributed by atoms with E-state index in [1.165, 1.54) is 21.3 Å². The Morgan fingerprint density at radius 1 is 1.07 bits per heavy atom. The molecule has 1 aliphatic heterocycles. The maximum atomic E-state index is 12.7. The van der Waals surface area contributed by atoms with Crippen molar-refractivity contribution < 1.29 is 23.8 Å². The molecule has 1 atom stereocenters. The largest absolute Gasteiger partial charge is 0.493 e. The number of aliphatic imine (C=N–C) groups is 1. The van der Waals surface area contributed by atoms with Crippen molar-refractivity contribution in [3.63, 3.8) is 0 Å². The lowest BCUT2D eigenvalue weighted by molar-refractivity contribution is -0.116. The number of rotatable bonds is 5. The highest BCUT2D eigenvalue weighted by Gasteiger charge is 2.28. The van der Waals surface area contributed by atoms with Gasteiger partial charge in [0.05, 0.1) is 27.0 Å². The van der Waals surface area contributed by atoms with Gasteiger partial charge in [0, 0.05) is 23.3 Å². The van der Waals surface area contributed by atoms with Gasteiger partial charge < -0.3 is 19.5 Å². The Bertz CT molecular complexity index is 944. The van der Waals surface area contributed by atoms with E-state index < -0.39 is 5.91 Å². The Balaban J connectivity index is 1.93. The van der Waals surface area contributed by atoms with Crippen LogP contribution in [0.2, 0.25) is 0 Å². The lowest BCUT2D eigenvalue weighted by Crippen LogP contribution is -2.34. The Kier molecular flexibility index (Phi) is 5.87. The molecule has 1 N–H and O–H groups in total. The van der Waals surface area contributed by atoms with E-state index in [1.54, 1.807) is 30.4 Å². The molecule has 0 saturated heterocycles. The van der Waals surface area contributed by atoms with E-state index in [4.69, 9.17) is 14.2 Å². The van der Waals surface area contributed by atoms with Gasteiger partial charge in [-0.2, -0.15) is 0 Å². The van der Waals surface area contributed by atoms with Crippen molar-refractivity contribution in [1.82, 2.24) is 5.32 Å². The highest BCUT2D eigenvalue weighted by Crippen LogP contribution is 2.38. The molecule has 7 heteroatoms. The zero-order valence-corrected chi connectivity index (χ0v) is 17.1. The summed E-state index contributed by atoms with van der Waals surface area (Å²) in [6, 6.07) is 3.11. The molecule has 2 amide bonds. The van der Waals surface area contributed by atoms with Gasteiger partial charge in [-0.25, -0.2) is 4.99 Å². The first-order valence-corrected chi connectivity index (χ1v) is 9.23. The SMILES string of the molecule is COc1cc(C(=O)N=C2C=CC3C(=C2)NC(=O)C=C3C(C)C)cc(OC)c1OC. The number of ether oxygens (including phenoxy) is 3. The minimum atomic E-state index is -0.457. The maximum absolute atomic E-state index is 12.7. The first-order chi connectivity index (χ1) is 13.9. The number of amides is 2. The molecule has 0 aromatic heterocycles. The molecule has 1 unspecified atom stereocenters. The van der Waals surface area contributed by atoms with E-state index in [-0.39, 0.29) is 17.7 Å². The molecular formula is C22H24N2O5. The summed E-state index contributed by atoms with van der Waals surface area (Å²) in [5.74, 6) is 0.752. The highest BCUT2D eigenvalue weighted by atomic mass is 16.5. The summed E-state index contributed by atoms with van der Waals surface area (Å²) < 4.78 is 15.9. The minimum Gasteiger partial charge on any atom is -0.493 e. The van der Waals surface area contributed by atoms with E-state index in [0.29, 0.717) is 28.5 Å². The number of hydrogen-bond donors (Lipinski definition) is 1. The van der Waals surface area contributed by atoms with Crippen LogP contribution in [0.3, 0.4) is 0 Å². The van der Waals surface area contributed by atoms with Crippen LogP contribution in [-0.2, 0) is 4.79 Å². The fourth-order valence-electron chi connectivity index (χ4n) is 3.40. The van der Waals surface area contributed by atoms with Crippen LogP contribution in [0.4, 0.5) is 0 Å². The van der Waals surface area contributed by atoms with Crippen molar-refractivity contribution >= 4 is 17.5 Å². The number of methoxy groups -OCH3 is 3. The van der Waals surface area contributed by atoms with Crippen LogP contribution in [0.25, 0.3) is 0 Å². The molecule has 0 spiro atoms. The molecule has 1 aromatic rings. The number of fused-ring (bicyclic) bond motifs is 1. The number of carbonyl (C=O) groups is 2. The lowest BCUT2D eigenvalue weighted by Gasteiger charge is -2.29. The van der Waals surface area contributed by atoms with Crippen molar-refractivity contribution in [3.8, 4) is 17.2 Å². The average Bonchev–Trinajstić information content (AvgIpc) is 2.71. The molecular weight excluding hydrogens is 372 g/mol. The van der Waals surface area contributed by atoms with Gasteiger partial charge in [0.15, 0.2) is 11.5 Å². The molecule has 1 heterocycles. The predicted octanol–water partition coefficient (Wildman–Crippen LogP) is 3.08. The van der Waals surface area contributed by atoms with E-state index in [2.05, 4.69) is 10.3 Å². The van der Waals surface area contributed by atoms with Crippen LogP contribution in [-0.4, -0.2) is 38.9 Å². The van der Waals surface area contributed by atoms with Crippen LogP contribution in [0, 0.1) is 11.8 Å². The van der Waals surface area contributed by atoms with Crippen molar-refractivity contribution in [2.24, 2.45) is 16.8 Å². The number of allylic oxidation sites excluding steroid dienone is 3.